The maximum absolute atomic E-state index is 12.3. The van der Waals surface area contributed by atoms with Crippen molar-refractivity contribution in [2.75, 3.05) is 0 Å². The first kappa shape index (κ1) is 16.5. The third-order valence-corrected chi connectivity index (χ3v) is 5.31. The number of hydrogen-bond donors (Lipinski definition) is 2. The third kappa shape index (κ3) is 4.28. The summed E-state index contributed by atoms with van der Waals surface area (Å²) in [5.41, 5.74) is 7.09. The van der Waals surface area contributed by atoms with Crippen LogP contribution in [0.1, 0.15) is 11.1 Å². The lowest BCUT2D eigenvalue weighted by molar-refractivity contribution is 0.581. The van der Waals surface area contributed by atoms with Gasteiger partial charge in [0.2, 0.25) is 10.0 Å². The van der Waals surface area contributed by atoms with Crippen molar-refractivity contribution in [1.82, 2.24) is 4.72 Å². The molecule has 2 aromatic carbocycles. The molecule has 3 N–H and O–H groups in total. The van der Waals surface area contributed by atoms with Crippen molar-refractivity contribution in [3.8, 4) is 0 Å². The molecule has 0 saturated heterocycles. The summed E-state index contributed by atoms with van der Waals surface area (Å²) >= 11 is 9.30. The second-order valence-electron chi connectivity index (χ2n) is 4.42. The highest BCUT2D eigenvalue weighted by Gasteiger charge is 2.18. The van der Waals surface area contributed by atoms with Crippen molar-refractivity contribution < 1.29 is 8.42 Å². The first-order valence-electron chi connectivity index (χ1n) is 6.15. The fraction of sp³-hybridized carbons (Fsp3) is 0.143. The van der Waals surface area contributed by atoms with Crippen molar-refractivity contribution in [2.45, 2.75) is 18.0 Å². The number of sulfonamides is 1. The number of benzene rings is 2. The largest absolute Gasteiger partial charge is 0.326 e. The van der Waals surface area contributed by atoms with E-state index in [4.69, 9.17) is 17.3 Å². The van der Waals surface area contributed by atoms with Gasteiger partial charge in [-0.15, -0.1) is 0 Å². The first-order valence-corrected chi connectivity index (χ1v) is 8.80. The molecule has 4 nitrogen and oxygen atoms in total. The van der Waals surface area contributed by atoms with E-state index in [0.717, 1.165) is 10.0 Å². The SMILES string of the molecule is NCc1ccc(Cl)c(S(=O)(=O)NCc2ccc(Br)cc2)c1. The lowest BCUT2D eigenvalue weighted by atomic mass is 10.2. The summed E-state index contributed by atoms with van der Waals surface area (Å²) in [7, 11) is -3.68. The Labute approximate surface area is 137 Å². The topological polar surface area (TPSA) is 72.2 Å². The Morgan fingerprint density at radius 3 is 2.33 bits per heavy atom. The summed E-state index contributed by atoms with van der Waals surface area (Å²) in [5, 5.41) is 0.176. The molecule has 21 heavy (non-hydrogen) atoms. The lowest BCUT2D eigenvalue weighted by Gasteiger charge is -2.10. The van der Waals surface area contributed by atoms with Crippen molar-refractivity contribution in [1.29, 1.82) is 0 Å². The molecule has 0 amide bonds. The fourth-order valence-corrected chi connectivity index (χ4v) is 3.57. The Morgan fingerprint density at radius 1 is 1.10 bits per heavy atom. The summed E-state index contributed by atoms with van der Waals surface area (Å²) < 4.78 is 28.1. The Kier molecular flexibility index (Phi) is 5.40. The minimum Gasteiger partial charge on any atom is -0.326 e. The zero-order chi connectivity index (χ0) is 15.5. The van der Waals surface area contributed by atoms with Gasteiger partial charge < -0.3 is 5.73 Å². The van der Waals surface area contributed by atoms with Gasteiger partial charge in [-0.25, -0.2) is 13.1 Å². The van der Waals surface area contributed by atoms with Gasteiger partial charge in [-0.1, -0.05) is 45.7 Å². The number of halogens is 2. The van der Waals surface area contributed by atoms with Crippen molar-refractivity contribution >= 4 is 37.6 Å². The molecule has 0 atom stereocenters. The van der Waals surface area contributed by atoms with Crippen LogP contribution in [0.3, 0.4) is 0 Å². The molecule has 0 aliphatic carbocycles. The molecule has 0 radical (unpaired) electrons. The van der Waals surface area contributed by atoms with Gasteiger partial charge in [0.15, 0.2) is 0 Å². The molecule has 0 unspecified atom stereocenters. The maximum atomic E-state index is 12.3. The maximum Gasteiger partial charge on any atom is 0.242 e. The van der Waals surface area contributed by atoms with E-state index in [0.29, 0.717) is 5.56 Å². The number of hydrogen-bond acceptors (Lipinski definition) is 3. The number of nitrogens with two attached hydrogens (primary N) is 1. The van der Waals surface area contributed by atoms with E-state index in [1.807, 2.05) is 24.3 Å². The van der Waals surface area contributed by atoms with Crippen molar-refractivity contribution in [3.05, 3.63) is 63.1 Å². The van der Waals surface area contributed by atoms with Gasteiger partial charge in [0, 0.05) is 17.6 Å². The van der Waals surface area contributed by atoms with Gasteiger partial charge in [0.1, 0.15) is 4.90 Å². The third-order valence-electron chi connectivity index (χ3n) is 2.90. The summed E-state index contributed by atoms with van der Waals surface area (Å²) in [6.07, 6.45) is 0. The predicted molar refractivity (Wildman–Crippen MR) is 87.5 cm³/mol. The van der Waals surface area contributed by atoms with Crippen molar-refractivity contribution in [2.24, 2.45) is 5.73 Å². The van der Waals surface area contributed by atoms with Gasteiger partial charge in [-0.3, -0.25) is 0 Å². The Bertz CT molecular complexity index is 733. The molecule has 2 rings (SSSR count). The molecule has 2 aromatic rings. The molecular weight excluding hydrogens is 376 g/mol. The molecule has 7 heteroatoms. The first-order chi connectivity index (χ1) is 9.92. The molecule has 112 valence electrons. The monoisotopic (exact) mass is 388 g/mol. The van der Waals surface area contributed by atoms with Crippen molar-refractivity contribution in [3.63, 3.8) is 0 Å². The molecule has 0 aliphatic heterocycles. The van der Waals surface area contributed by atoms with Gasteiger partial charge in [0.25, 0.3) is 0 Å². The highest BCUT2D eigenvalue weighted by molar-refractivity contribution is 9.10. The van der Waals surface area contributed by atoms with Crippen LogP contribution in [0.4, 0.5) is 0 Å². The Morgan fingerprint density at radius 2 is 1.71 bits per heavy atom. The predicted octanol–water partition coefficient (Wildman–Crippen LogP) is 3.04. The van der Waals surface area contributed by atoms with Gasteiger partial charge in [0.05, 0.1) is 5.02 Å². The number of rotatable bonds is 5. The van der Waals surface area contributed by atoms with Crippen LogP contribution in [-0.2, 0) is 23.1 Å². The summed E-state index contributed by atoms with van der Waals surface area (Å²) in [4.78, 5) is 0.0456. The average Bonchev–Trinajstić information content (AvgIpc) is 2.47. The van der Waals surface area contributed by atoms with E-state index in [9.17, 15) is 8.42 Å². The zero-order valence-corrected chi connectivity index (χ0v) is 14.2. The van der Waals surface area contributed by atoms with Crippen LogP contribution < -0.4 is 10.5 Å². The second-order valence-corrected chi connectivity index (χ2v) is 7.48. The molecule has 0 saturated carbocycles. The van der Waals surface area contributed by atoms with Gasteiger partial charge >= 0.3 is 0 Å². The van der Waals surface area contributed by atoms with E-state index >= 15 is 0 Å². The summed E-state index contributed by atoms with van der Waals surface area (Å²) in [6, 6.07) is 12.1. The van der Waals surface area contributed by atoms with E-state index in [1.165, 1.54) is 12.1 Å². The van der Waals surface area contributed by atoms with E-state index in [1.54, 1.807) is 6.07 Å². The Hall–Kier alpha value is -0.920. The van der Waals surface area contributed by atoms with Gasteiger partial charge in [-0.05, 0) is 35.4 Å². The highest BCUT2D eigenvalue weighted by atomic mass is 79.9. The van der Waals surface area contributed by atoms with Crippen LogP contribution in [0.5, 0.6) is 0 Å². The molecule has 0 heterocycles. The van der Waals surface area contributed by atoms with E-state index < -0.39 is 10.0 Å². The molecule has 0 spiro atoms. The highest BCUT2D eigenvalue weighted by Crippen LogP contribution is 2.22. The zero-order valence-electron chi connectivity index (χ0n) is 11.0. The fourth-order valence-electron chi connectivity index (χ4n) is 1.74. The smallest absolute Gasteiger partial charge is 0.242 e. The van der Waals surface area contributed by atoms with Crippen LogP contribution in [0, 0.1) is 0 Å². The minimum absolute atomic E-state index is 0.0456. The molecule has 0 aromatic heterocycles. The van der Waals surface area contributed by atoms with E-state index in [-0.39, 0.29) is 23.0 Å². The average molecular weight is 390 g/mol. The molecular formula is C14H14BrClN2O2S. The Balaban J connectivity index is 2.20. The minimum atomic E-state index is -3.68. The standard InChI is InChI=1S/C14H14BrClN2O2S/c15-12-4-1-10(2-5-12)9-18-21(19,20)14-7-11(8-17)3-6-13(14)16/h1-7,18H,8-9,17H2. The van der Waals surface area contributed by atoms with Crippen LogP contribution >= 0.6 is 27.5 Å². The van der Waals surface area contributed by atoms with Crippen LogP contribution in [-0.4, -0.2) is 8.42 Å². The molecule has 0 aliphatic rings. The quantitative estimate of drug-likeness (QED) is 0.825. The van der Waals surface area contributed by atoms with Crippen LogP contribution in [0.2, 0.25) is 5.02 Å². The molecule has 0 fully saturated rings. The van der Waals surface area contributed by atoms with Crippen LogP contribution in [0.15, 0.2) is 51.8 Å². The second kappa shape index (κ2) is 6.89. The van der Waals surface area contributed by atoms with E-state index in [2.05, 4.69) is 20.7 Å². The summed E-state index contributed by atoms with van der Waals surface area (Å²) in [5.74, 6) is 0. The number of nitrogens with one attached hydrogen (secondary N) is 1. The summed E-state index contributed by atoms with van der Waals surface area (Å²) in [6.45, 7) is 0.450. The van der Waals surface area contributed by atoms with Gasteiger partial charge in [-0.2, -0.15) is 0 Å². The molecule has 0 bridgehead atoms. The normalized spacial score (nSPS) is 11.6. The lowest BCUT2D eigenvalue weighted by Crippen LogP contribution is -2.23. The van der Waals surface area contributed by atoms with Crippen LogP contribution in [0.25, 0.3) is 0 Å².